The lowest BCUT2D eigenvalue weighted by Gasteiger charge is -2.31. The molecule has 1 amide bonds. The van der Waals surface area contributed by atoms with Crippen LogP contribution in [0.2, 0.25) is 0 Å². The molecule has 1 saturated heterocycles. The van der Waals surface area contributed by atoms with Gasteiger partial charge in [0.15, 0.2) is 0 Å². The van der Waals surface area contributed by atoms with Crippen LogP contribution in [0.25, 0.3) is 0 Å². The van der Waals surface area contributed by atoms with Crippen molar-refractivity contribution in [1.29, 1.82) is 0 Å². The van der Waals surface area contributed by atoms with E-state index < -0.39 is 0 Å². The third kappa shape index (κ3) is 2.28. The SMILES string of the molecule is Cc1cscc1C(=O)N1CCC(CO)CC1. The predicted octanol–water partition coefficient (Wildman–Crippen LogP) is 1.90. The van der Waals surface area contributed by atoms with Crippen LogP contribution in [-0.2, 0) is 0 Å². The Morgan fingerprint density at radius 2 is 2.19 bits per heavy atom. The van der Waals surface area contributed by atoms with Crippen molar-refractivity contribution in [3.05, 3.63) is 21.9 Å². The lowest BCUT2D eigenvalue weighted by Crippen LogP contribution is -2.39. The molecule has 2 rings (SSSR count). The van der Waals surface area contributed by atoms with Crippen molar-refractivity contribution in [2.75, 3.05) is 19.7 Å². The van der Waals surface area contributed by atoms with Gasteiger partial charge in [0.1, 0.15) is 0 Å². The van der Waals surface area contributed by atoms with E-state index in [4.69, 9.17) is 5.11 Å². The van der Waals surface area contributed by atoms with Crippen molar-refractivity contribution < 1.29 is 9.90 Å². The van der Waals surface area contributed by atoms with Gasteiger partial charge in [0.05, 0.1) is 5.56 Å². The van der Waals surface area contributed by atoms with Crippen molar-refractivity contribution in [3.63, 3.8) is 0 Å². The van der Waals surface area contributed by atoms with Crippen LogP contribution in [0, 0.1) is 12.8 Å². The molecule has 0 radical (unpaired) electrons. The first-order chi connectivity index (χ1) is 7.72. The van der Waals surface area contributed by atoms with Gasteiger partial charge in [-0.3, -0.25) is 4.79 Å². The first-order valence-electron chi connectivity index (χ1n) is 5.65. The summed E-state index contributed by atoms with van der Waals surface area (Å²) in [5.74, 6) is 0.530. The Morgan fingerprint density at radius 1 is 1.50 bits per heavy atom. The molecule has 0 aromatic carbocycles. The number of aliphatic hydroxyl groups excluding tert-OH is 1. The summed E-state index contributed by atoms with van der Waals surface area (Å²) in [6, 6.07) is 0. The molecule has 0 aliphatic carbocycles. The molecule has 3 nitrogen and oxygen atoms in total. The summed E-state index contributed by atoms with van der Waals surface area (Å²) in [5, 5.41) is 13.0. The van der Waals surface area contributed by atoms with Crippen LogP contribution in [0.5, 0.6) is 0 Å². The van der Waals surface area contributed by atoms with Gasteiger partial charge in [0, 0.05) is 25.1 Å². The van der Waals surface area contributed by atoms with Gasteiger partial charge >= 0.3 is 0 Å². The number of likely N-dealkylation sites (tertiary alicyclic amines) is 1. The molecule has 88 valence electrons. The van der Waals surface area contributed by atoms with Crippen LogP contribution in [0.3, 0.4) is 0 Å². The van der Waals surface area contributed by atoms with E-state index in [1.807, 2.05) is 22.6 Å². The number of thiophene rings is 1. The van der Waals surface area contributed by atoms with E-state index in [2.05, 4.69) is 0 Å². The summed E-state index contributed by atoms with van der Waals surface area (Å²) in [7, 11) is 0. The van der Waals surface area contributed by atoms with E-state index in [1.165, 1.54) is 0 Å². The van der Waals surface area contributed by atoms with Crippen LogP contribution in [0.4, 0.5) is 0 Å². The van der Waals surface area contributed by atoms with Gasteiger partial charge in [0.2, 0.25) is 0 Å². The van der Waals surface area contributed by atoms with Crippen LogP contribution in [0.15, 0.2) is 10.8 Å². The average Bonchev–Trinajstić information content (AvgIpc) is 2.75. The fraction of sp³-hybridized carbons (Fsp3) is 0.583. The Morgan fingerprint density at radius 3 is 2.69 bits per heavy atom. The number of amides is 1. The standard InChI is InChI=1S/C12H17NO2S/c1-9-7-16-8-11(9)12(15)13-4-2-10(6-14)3-5-13/h7-8,10,14H,2-6H2,1H3. The smallest absolute Gasteiger partial charge is 0.254 e. The highest BCUT2D eigenvalue weighted by molar-refractivity contribution is 7.08. The summed E-state index contributed by atoms with van der Waals surface area (Å²) in [4.78, 5) is 14.1. The summed E-state index contributed by atoms with van der Waals surface area (Å²) >= 11 is 1.58. The van der Waals surface area contributed by atoms with Gasteiger partial charge in [0.25, 0.3) is 5.91 Å². The molecular weight excluding hydrogens is 222 g/mol. The number of hydrogen-bond acceptors (Lipinski definition) is 3. The zero-order chi connectivity index (χ0) is 11.5. The Bertz CT molecular complexity index is 367. The fourth-order valence-electron chi connectivity index (χ4n) is 2.07. The number of carbonyl (C=O) groups is 1. The zero-order valence-corrected chi connectivity index (χ0v) is 10.3. The number of carbonyl (C=O) groups excluding carboxylic acids is 1. The topological polar surface area (TPSA) is 40.5 Å². The van der Waals surface area contributed by atoms with E-state index in [-0.39, 0.29) is 12.5 Å². The van der Waals surface area contributed by atoms with Gasteiger partial charge in [-0.1, -0.05) is 0 Å². The monoisotopic (exact) mass is 239 g/mol. The minimum atomic E-state index is 0.148. The maximum Gasteiger partial charge on any atom is 0.254 e. The summed E-state index contributed by atoms with van der Waals surface area (Å²) in [6.07, 6.45) is 1.84. The van der Waals surface area contributed by atoms with Crippen LogP contribution in [0.1, 0.15) is 28.8 Å². The molecular formula is C12H17NO2S. The first kappa shape index (κ1) is 11.6. The predicted molar refractivity (Wildman–Crippen MR) is 64.8 cm³/mol. The average molecular weight is 239 g/mol. The van der Waals surface area contributed by atoms with Crippen molar-refractivity contribution in [1.82, 2.24) is 4.90 Å². The molecule has 2 heterocycles. The van der Waals surface area contributed by atoms with Crippen LogP contribution in [-0.4, -0.2) is 35.6 Å². The van der Waals surface area contributed by atoms with Gasteiger partial charge < -0.3 is 10.0 Å². The summed E-state index contributed by atoms with van der Waals surface area (Å²) in [6.45, 7) is 3.78. The van der Waals surface area contributed by atoms with E-state index >= 15 is 0 Å². The maximum atomic E-state index is 12.1. The summed E-state index contributed by atoms with van der Waals surface area (Å²) in [5.41, 5.74) is 1.91. The van der Waals surface area contributed by atoms with Crippen molar-refractivity contribution in [2.24, 2.45) is 5.92 Å². The number of nitrogens with zero attached hydrogens (tertiary/aromatic N) is 1. The third-order valence-corrected chi connectivity index (χ3v) is 4.11. The second-order valence-electron chi connectivity index (χ2n) is 4.39. The number of piperidine rings is 1. The highest BCUT2D eigenvalue weighted by atomic mass is 32.1. The quantitative estimate of drug-likeness (QED) is 0.856. The largest absolute Gasteiger partial charge is 0.396 e. The molecule has 0 bridgehead atoms. The first-order valence-corrected chi connectivity index (χ1v) is 6.59. The van der Waals surface area contributed by atoms with Crippen molar-refractivity contribution >= 4 is 17.2 Å². The number of aryl methyl sites for hydroxylation is 1. The molecule has 0 spiro atoms. The van der Waals surface area contributed by atoms with E-state index in [0.717, 1.165) is 37.1 Å². The molecule has 1 fully saturated rings. The number of aliphatic hydroxyl groups is 1. The van der Waals surface area contributed by atoms with Crippen molar-refractivity contribution in [2.45, 2.75) is 19.8 Å². The van der Waals surface area contributed by atoms with Gasteiger partial charge in [-0.05, 0) is 36.6 Å². The Labute approximate surface area is 99.7 Å². The highest BCUT2D eigenvalue weighted by Gasteiger charge is 2.24. The molecule has 1 aliphatic heterocycles. The van der Waals surface area contributed by atoms with E-state index in [9.17, 15) is 4.79 Å². The van der Waals surface area contributed by atoms with Crippen LogP contribution >= 0.6 is 11.3 Å². The Kier molecular flexibility index (Phi) is 3.61. The molecule has 1 aromatic heterocycles. The second kappa shape index (κ2) is 4.97. The Hall–Kier alpha value is -0.870. The summed E-state index contributed by atoms with van der Waals surface area (Å²) < 4.78 is 0. The highest BCUT2D eigenvalue weighted by Crippen LogP contribution is 2.21. The number of hydrogen-bond donors (Lipinski definition) is 1. The molecule has 1 N–H and O–H groups in total. The van der Waals surface area contributed by atoms with Gasteiger partial charge in [-0.2, -0.15) is 11.3 Å². The van der Waals surface area contributed by atoms with Gasteiger partial charge in [-0.25, -0.2) is 0 Å². The fourth-order valence-corrected chi connectivity index (χ4v) is 2.89. The van der Waals surface area contributed by atoms with E-state index in [0.29, 0.717) is 5.92 Å². The normalized spacial score (nSPS) is 17.8. The minimum absolute atomic E-state index is 0.148. The molecule has 0 unspecified atom stereocenters. The Balaban J connectivity index is 2.00. The molecule has 0 atom stereocenters. The van der Waals surface area contributed by atoms with Crippen molar-refractivity contribution in [3.8, 4) is 0 Å². The molecule has 1 aliphatic rings. The number of rotatable bonds is 2. The zero-order valence-electron chi connectivity index (χ0n) is 9.48. The van der Waals surface area contributed by atoms with E-state index in [1.54, 1.807) is 11.3 Å². The lowest BCUT2D eigenvalue weighted by atomic mass is 9.97. The van der Waals surface area contributed by atoms with Crippen LogP contribution < -0.4 is 0 Å². The minimum Gasteiger partial charge on any atom is -0.396 e. The molecule has 0 saturated carbocycles. The maximum absolute atomic E-state index is 12.1. The molecule has 1 aromatic rings. The molecule has 16 heavy (non-hydrogen) atoms. The lowest BCUT2D eigenvalue weighted by molar-refractivity contribution is 0.0651. The third-order valence-electron chi connectivity index (χ3n) is 3.25. The molecule has 4 heteroatoms. The van der Waals surface area contributed by atoms with Gasteiger partial charge in [-0.15, -0.1) is 0 Å². The second-order valence-corrected chi connectivity index (χ2v) is 5.13.